The number of benzene rings is 1. The first-order valence-electron chi connectivity index (χ1n) is 5.62. The first kappa shape index (κ1) is 10.6. The number of amides is 1. The van der Waals surface area contributed by atoms with Crippen molar-refractivity contribution in [3.05, 3.63) is 36.7 Å². The smallest absolute Gasteiger partial charge is 0.267 e. The number of H-pyrrole nitrogens is 1. The SMILES string of the molecule is O=C(Nc1cn[nH]c1)C1CNc2ccccc2O1. The molecule has 0 radical (unpaired) electrons. The van der Waals surface area contributed by atoms with E-state index in [9.17, 15) is 4.79 Å². The Kier molecular flexibility index (Phi) is 2.60. The quantitative estimate of drug-likeness (QED) is 0.742. The zero-order valence-electron chi connectivity index (χ0n) is 9.51. The van der Waals surface area contributed by atoms with E-state index in [1.54, 1.807) is 12.4 Å². The van der Waals surface area contributed by atoms with E-state index in [4.69, 9.17) is 4.74 Å². The number of para-hydroxylation sites is 2. The van der Waals surface area contributed by atoms with Crippen molar-refractivity contribution in [3.63, 3.8) is 0 Å². The third-order valence-corrected chi connectivity index (χ3v) is 2.69. The Morgan fingerprint density at radius 1 is 1.44 bits per heavy atom. The fourth-order valence-corrected chi connectivity index (χ4v) is 1.80. The minimum Gasteiger partial charge on any atom is -0.477 e. The zero-order valence-corrected chi connectivity index (χ0v) is 9.51. The van der Waals surface area contributed by atoms with Crippen LogP contribution in [0.3, 0.4) is 0 Å². The highest BCUT2D eigenvalue weighted by Crippen LogP contribution is 2.28. The van der Waals surface area contributed by atoms with Gasteiger partial charge in [-0.1, -0.05) is 12.1 Å². The predicted octanol–water partition coefficient (Wildman–Crippen LogP) is 1.22. The fraction of sp³-hybridized carbons (Fsp3) is 0.167. The molecule has 0 fully saturated rings. The summed E-state index contributed by atoms with van der Waals surface area (Å²) in [4.78, 5) is 12.0. The second-order valence-electron chi connectivity index (χ2n) is 3.96. The average molecular weight is 244 g/mol. The van der Waals surface area contributed by atoms with Crippen LogP contribution in [0.1, 0.15) is 0 Å². The molecule has 92 valence electrons. The van der Waals surface area contributed by atoms with Gasteiger partial charge in [0.1, 0.15) is 5.75 Å². The van der Waals surface area contributed by atoms with Crippen LogP contribution in [0.2, 0.25) is 0 Å². The number of carbonyl (C=O) groups is 1. The van der Waals surface area contributed by atoms with Crippen LogP contribution in [-0.2, 0) is 4.79 Å². The predicted molar refractivity (Wildman–Crippen MR) is 66.6 cm³/mol. The van der Waals surface area contributed by atoms with Crippen LogP contribution in [-0.4, -0.2) is 28.8 Å². The molecule has 2 heterocycles. The first-order chi connectivity index (χ1) is 8.83. The Hall–Kier alpha value is -2.50. The van der Waals surface area contributed by atoms with Gasteiger partial charge in [0.25, 0.3) is 5.91 Å². The number of carbonyl (C=O) groups excluding carboxylic acids is 1. The number of ether oxygens (including phenoxy) is 1. The van der Waals surface area contributed by atoms with Gasteiger partial charge in [-0.15, -0.1) is 0 Å². The summed E-state index contributed by atoms with van der Waals surface area (Å²) in [5.74, 6) is 0.495. The van der Waals surface area contributed by atoms with Gasteiger partial charge in [-0.3, -0.25) is 9.89 Å². The molecule has 18 heavy (non-hydrogen) atoms. The third kappa shape index (κ3) is 2.00. The van der Waals surface area contributed by atoms with E-state index in [1.165, 1.54) is 0 Å². The number of nitrogens with one attached hydrogen (secondary N) is 3. The van der Waals surface area contributed by atoms with E-state index >= 15 is 0 Å². The van der Waals surface area contributed by atoms with E-state index in [2.05, 4.69) is 20.8 Å². The van der Waals surface area contributed by atoms with Crippen molar-refractivity contribution in [2.45, 2.75) is 6.10 Å². The Labute approximate surface area is 103 Å². The molecule has 1 atom stereocenters. The maximum atomic E-state index is 12.0. The fourth-order valence-electron chi connectivity index (χ4n) is 1.80. The summed E-state index contributed by atoms with van der Waals surface area (Å²) >= 11 is 0. The summed E-state index contributed by atoms with van der Waals surface area (Å²) in [5.41, 5.74) is 1.53. The van der Waals surface area contributed by atoms with Gasteiger partial charge in [-0.05, 0) is 12.1 Å². The van der Waals surface area contributed by atoms with Crippen LogP contribution in [0.4, 0.5) is 11.4 Å². The van der Waals surface area contributed by atoms with Gasteiger partial charge in [-0.2, -0.15) is 5.10 Å². The Morgan fingerprint density at radius 2 is 2.33 bits per heavy atom. The number of nitrogens with zero attached hydrogens (tertiary/aromatic N) is 1. The van der Waals surface area contributed by atoms with E-state index < -0.39 is 6.10 Å². The molecule has 0 spiro atoms. The third-order valence-electron chi connectivity index (χ3n) is 2.69. The monoisotopic (exact) mass is 244 g/mol. The number of rotatable bonds is 2. The van der Waals surface area contributed by atoms with Crippen LogP contribution in [0.25, 0.3) is 0 Å². The van der Waals surface area contributed by atoms with Gasteiger partial charge >= 0.3 is 0 Å². The summed E-state index contributed by atoms with van der Waals surface area (Å²) in [7, 11) is 0. The number of hydrogen-bond donors (Lipinski definition) is 3. The van der Waals surface area contributed by atoms with E-state index in [1.807, 2.05) is 24.3 Å². The Morgan fingerprint density at radius 3 is 3.17 bits per heavy atom. The highest BCUT2D eigenvalue weighted by molar-refractivity contribution is 5.95. The lowest BCUT2D eigenvalue weighted by Gasteiger charge is -2.26. The molecule has 6 nitrogen and oxygen atoms in total. The standard InChI is InChI=1S/C12H12N4O2/c17-12(16-8-5-14-15-6-8)11-7-13-9-3-1-2-4-10(9)18-11/h1-6,11,13H,7H2,(H,14,15)(H,16,17). The summed E-state index contributed by atoms with van der Waals surface area (Å²) in [6.07, 6.45) is 2.61. The number of anilines is 2. The van der Waals surface area contributed by atoms with Crippen molar-refractivity contribution in [2.75, 3.05) is 17.2 Å². The molecule has 1 amide bonds. The van der Waals surface area contributed by atoms with Gasteiger partial charge in [0, 0.05) is 6.20 Å². The first-order valence-corrected chi connectivity index (χ1v) is 5.62. The number of aromatic nitrogens is 2. The molecule has 2 aromatic rings. The van der Waals surface area contributed by atoms with Crippen molar-refractivity contribution in [2.24, 2.45) is 0 Å². The maximum absolute atomic E-state index is 12.0. The Balaban J connectivity index is 1.70. The maximum Gasteiger partial charge on any atom is 0.267 e. The number of hydrogen-bond acceptors (Lipinski definition) is 4. The van der Waals surface area contributed by atoms with E-state index in [0.717, 1.165) is 5.69 Å². The molecule has 3 rings (SSSR count). The van der Waals surface area contributed by atoms with Crippen LogP contribution in [0.5, 0.6) is 5.75 Å². The summed E-state index contributed by atoms with van der Waals surface area (Å²) in [6.45, 7) is 0.445. The molecule has 1 aliphatic rings. The van der Waals surface area contributed by atoms with E-state index in [0.29, 0.717) is 18.0 Å². The largest absolute Gasteiger partial charge is 0.477 e. The van der Waals surface area contributed by atoms with Crippen LogP contribution in [0.15, 0.2) is 36.7 Å². The van der Waals surface area contributed by atoms with Crippen LogP contribution >= 0.6 is 0 Å². The van der Waals surface area contributed by atoms with E-state index in [-0.39, 0.29) is 5.91 Å². The Bertz CT molecular complexity index is 553. The molecule has 0 saturated heterocycles. The van der Waals surface area contributed by atoms with Crippen molar-refractivity contribution < 1.29 is 9.53 Å². The lowest BCUT2D eigenvalue weighted by atomic mass is 10.2. The molecule has 1 unspecified atom stereocenters. The molecule has 6 heteroatoms. The summed E-state index contributed by atoms with van der Waals surface area (Å²) in [6, 6.07) is 7.54. The molecular formula is C12H12N4O2. The summed E-state index contributed by atoms with van der Waals surface area (Å²) in [5, 5.41) is 12.3. The molecule has 3 N–H and O–H groups in total. The normalized spacial score (nSPS) is 17.2. The van der Waals surface area contributed by atoms with Gasteiger partial charge in [0.15, 0.2) is 6.10 Å². The lowest BCUT2D eigenvalue weighted by Crippen LogP contribution is -2.41. The van der Waals surface area contributed by atoms with Gasteiger partial charge < -0.3 is 15.4 Å². The second-order valence-corrected chi connectivity index (χ2v) is 3.96. The molecule has 1 aliphatic heterocycles. The van der Waals surface area contributed by atoms with Gasteiger partial charge in [-0.25, -0.2) is 0 Å². The summed E-state index contributed by atoms with van der Waals surface area (Å²) < 4.78 is 5.64. The van der Waals surface area contributed by atoms with Gasteiger partial charge in [0.05, 0.1) is 24.1 Å². The molecule has 1 aromatic heterocycles. The minimum atomic E-state index is -0.546. The van der Waals surface area contributed by atoms with Crippen molar-refractivity contribution in [1.29, 1.82) is 0 Å². The number of aromatic amines is 1. The molecule has 0 saturated carbocycles. The average Bonchev–Trinajstić information content (AvgIpc) is 2.91. The zero-order chi connectivity index (χ0) is 12.4. The molecule has 0 aliphatic carbocycles. The van der Waals surface area contributed by atoms with Crippen molar-refractivity contribution >= 4 is 17.3 Å². The van der Waals surface area contributed by atoms with Crippen LogP contribution in [0, 0.1) is 0 Å². The number of fused-ring (bicyclic) bond motifs is 1. The second kappa shape index (κ2) is 4.40. The molecular weight excluding hydrogens is 232 g/mol. The minimum absolute atomic E-state index is 0.196. The molecule has 1 aromatic carbocycles. The highest BCUT2D eigenvalue weighted by atomic mass is 16.5. The lowest BCUT2D eigenvalue weighted by molar-refractivity contribution is -0.122. The van der Waals surface area contributed by atoms with Crippen molar-refractivity contribution in [3.8, 4) is 5.75 Å². The van der Waals surface area contributed by atoms with Crippen molar-refractivity contribution in [1.82, 2.24) is 10.2 Å². The highest BCUT2D eigenvalue weighted by Gasteiger charge is 2.25. The topological polar surface area (TPSA) is 79.0 Å². The van der Waals surface area contributed by atoms with Crippen LogP contribution < -0.4 is 15.4 Å². The molecule has 0 bridgehead atoms. The van der Waals surface area contributed by atoms with Gasteiger partial charge in [0.2, 0.25) is 0 Å².